The van der Waals surface area contributed by atoms with Crippen molar-refractivity contribution in [1.29, 1.82) is 0 Å². The van der Waals surface area contributed by atoms with Gasteiger partial charge in [-0.3, -0.25) is 6.08 Å². The second kappa shape index (κ2) is 16.6. The van der Waals surface area contributed by atoms with Crippen molar-refractivity contribution in [1.82, 2.24) is 0 Å². The molecule has 0 unspecified atom stereocenters. The van der Waals surface area contributed by atoms with E-state index >= 15 is 0 Å². The van der Waals surface area contributed by atoms with Crippen molar-refractivity contribution in [3.63, 3.8) is 0 Å². The number of halogens is 2. The number of benzene rings is 4. The number of allylic oxidation sites excluding steroid dienone is 4. The molecule has 0 heterocycles. The normalized spacial score (nSPS) is 11.4. The summed E-state index contributed by atoms with van der Waals surface area (Å²) in [6.45, 7) is 6.48. The van der Waals surface area contributed by atoms with Crippen LogP contribution < -0.4 is 24.8 Å². The summed E-state index contributed by atoms with van der Waals surface area (Å²) in [5.41, 5.74) is 6.78. The van der Waals surface area contributed by atoms with Crippen molar-refractivity contribution >= 4 is 24.8 Å². The molecule has 0 fully saturated rings. The SMILES string of the molecule is CCCC1=CC[C-]=C1.Cc1ccc2c(c1)[cH-]c1cc(C)ccc12.[Cl-].[Cl-].[Zr+2]=[C](c1ccccc1)c1ccccc1. The number of rotatable bonds is 4. The van der Waals surface area contributed by atoms with Crippen LogP contribution in [0.25, 0.3) is 21.5 Å². The van der Waals surface area contributed by atoms with Crippen molar-refractivity contribution in [2.75, 3.05) is 0 Å². The van der Waals surface area contributed by atoms with E-state index in [-0.39, 0.29) is 24.8 Å². The molecule has 0 aliphatic heterocycles. The standard InChI is InChI=1S/C15H13.C13H10.C8H11.2ClH.Zr/c1-10-3-5-14-12(7-10)9-13-8-11(2)4-6-15(13)14;1-3-7-12(8-4-1)11-13-9-5-2-6-10-13;1-2-5-8-6-3-4-7-8;;;/h3-9H,1-2H3;1-10H;6-7H,2-3,5H2,1H3;2*1H;/q-1;;-1;;;+2/p-2. The van der Waals surface area contributed by atoms with Gasteiger partial charge in [-0.15, -0.1) is 46.2 Å². The minimum atomic E-state index is 0. The molecule has 5 aromatic carbocycles. The first-order valence-corrected chi connectivity index (χ1v) is 14.3. The first-order valence-electron chi connectivity index (χ1n) is 13.1. The first-order chi connectivity index (χ1) is 18.0. The molecule has 0 spiro atoms. The Morgan fingerprint density at radius 2 is 1.23 bits per heavy atom. The van der Waals surface area contributed by atoms with Crippen molar-refractivity contribution in [2.45, 2.75) is 40.0 Å². The fourth-order valence-electron chi connectivity index (χ4n) is 4.54. The second-order valence-corrected chi connectivity index (χ2v) is 10.7. The van der Waals surface area contributed by atoms with Gasteiger partial charge in [0.05, 0.1) is 0 Å². The van der Waals surface area contributed by atoms with Crippen LogP contribution >= 0.6 is 0 Å². The minimum absolute atomic E-state index is 0. The van der Waals surface area contributed by atoms with Gasteiger partial charge in [0.2, 0.25) is 0 Å². The molecule has 0 N–H and O–H groups in total. The molecule has 0 saturated carbocycles. The fraction of sp³-hybridized carbons (Fsp3) is 0.167. The predicted octanol–water partition coefficient (Wildman–Crippen LogP) is 3.61. The first kappa shape index (κ1) is 32.8. The van der Waals surface area contributed by atoms with E-state index in [4.69, 9.17) is 0 Å². The Morgan fingerprint density at radius 3 is 1.64 bits per heavy atom. The third-order valence-electron chi connectivity index (χ3n) is 6.45. The van der Waals surface area contributed by atoms with Crippen LogP contribution in [0.3, 0.4) is 0 Å². The van der Waals surface area contributed by atoms with Crippen LogP contribution in [0.5, 0.6) is 0 Å². The summed E-state index contributed by atoms with van der Waals surface area (Å²) in [7, 11) is 0. The van der Waals surface area contributed by atoms with E-state index in [1.807, 2.05) is 0 Å². The van der Waals surface area contributed by atoms with E-state index in [0.717, 1.165) is 6.42 Å². The number of aryl methyl sites for hydroxylation is 2. The average Bonchev–Trinajstić information content (AvgIpc) is 3.57. The van der Waals surface area contributed by atoms with Crippen LogP contribution in [0, 0.1) is 19.9 Å². The molecule has 0 aromatic heterocycles. The molecule has 0 amide bonds. The molecule has 0 radical (unpaired) electrons. The monoisotopic (exact) mass is 626 g/mol. The second-order valence-electron chi connectivity index (χ2n) is 9.51. The van der Waals surface area contributed by atoms with E-state index in [0.29, 0.717) is 0 Å². The number of hydrogen-bond donors (Lipinski definition) is 0. The predicted molar refractivity (Wildman–Crippen MR) is 158 cm³/mol. The summed E-state index contributed by atoms with van der Waals surface area (Å²) in [6.07, 6.45) is 11.0. The Bertz CT molecular complexity index is 1430. The van der Waals surface area contributed by atoms with Gasteiger partial charge in [-0.2, -0.15) is 6.08 Å². The zero-order valence-corrected chi connectivity index (χ0v) is 26.8. The molecule has 198 valence electrons. The van der Waals surface area contributed by atoms with Gasteiger partial charge in [-0.1, -0.05) is 55.2 Å². The summed E-state index contributed by atoms with van der Waals surface area (Å²) < 4.78 is 1.42. The topological polar surface area (TPSA) is 0 Å². The molecule has 0 bridgehead atoms. The molecule has 0 nitrogen and oxygen atoms in total. The Morgan fingerprint density at radius 1 is 0.744 bits per heavy atom. The van der Waals surface area contributed by atoms with Crippen LogP contribution in [0.2, 0.25) is 0 Å². The maximum atomic E-state index is 3.14. The van der Waals surface area contributed by atoms with E-state index in [2.05, 4.69) is 142 Å². The molecular formula is C36H34Cl2Zr-2. The summed E-state index contributed by atoms with van der Waals surface area (Å²) in [5.74, 6) is 0. The van der Waals surface area contributed by atoms with Gasteiger partial charge in [0.1, 0.15) is 0 Å². The quantitative estimate of drug-likeness (QED) is 0.267. The van der Waals surface area contributed by atoms with Crippen LogP contribution in [0.15, 0.2) is 121 Å². The van der Waals surface area contributed by atoms with Crippen LogP contribution in [0.4, 0.5) is 0 Å². The van der Waals surface area contributed by atoms with Gasteiger partial charge in [0.25, 0.3) is 0 Å². The van der Waals surface area contributed by atoms with E-state index in [1.165, 1.54) is 89.7 Å². The third kappa shape index (κ3) is 9.32. The molecule has 0 atom stereocenters. The van der Waals surface area contributed by atoms with E-state index in [1.54, 1.807) is 0 Å². The summed E-state index contributed by atoms with van der Waals surface area (Å²) in [5, 5.41) is 5.46. The van der Waals surface area contributed by atoms with Gasteiger partial charge in [0.15, 0.2) is 0 Å². The molecule has 3 heteroatoms. The van der Waals surface area contributed by atoms with Gasteiger partial charge in [-0.05, 0) is 13.8 Å². The Balaban J connectivity index is 0.000000209. The zero-order chi connectivity index (χ0) is 26.0. The zero-order valence-electron chi connectivity index (χ0n) is 22.8. The van der Waals surface area contributed by atoms with E-state index < -0.39 is 0 Å². The van der Waals surface area contributed by atoms with Crippen molar-refractivity contribution in [2.24, 2.45) is 0 Å². The Hall–Kier alpha value is -2.44. The molecule has 1 aliphatic rings. The molecule has 1 aliphatic carbocycles. The van der Waals surface area contributed by atoms with Gasteiger partial charge in [-0.25, -0.2) is 11.6 Å². The maximum absolute atomic E-state index is 3.14. The van der Waals surface area contributed by atoms with Gasteiger partial charge in [0, 0.05) is 0 Å². The summed E-state index contributed by atoms with van der Waals surface area (Å²) in [4.78, 5) is 0. The van der Waals surface area contributed by atoms with Crippen molar-refractivity contribution in [3.8, 4) is 0 Å². The molecular weight excluding hydrogens is 595 g/mol. The Kier molecular flexibility index (Phi) is 14.0. The number of hydrogen-bond acceptors (Lipinski definition) is 0. The van der Waals surface area contributed by atoms with Crippen LogP contribution in [-0.2, 0) is 24.2 Å². The van der Waals surface area contributed by atoms with Crippen LogP contribution in [-0.4, -0.2) is 3.21 Å². The van der Waals surface area contributed by atoms with E-state index in [9.17, 15) is 0 Å². The van der Waals surface area contributed by atoms with Crippen molar-refractivity contribution in [3.05, 3.63) is 149 Å². The molecule has 39 heavy (non-hydrogen) atoms. The summed E-state index contributed by atoms with van der Waals surface area (Å²) in [6, 6.07) is 36.7. The third-order valence-corrected chi connectivity index (χ3v) is 7.87. The molecule has 5 aromatic rings. The van der Waals surface area contributed by atoms with Gasteiger partial charge >= 0.3 is 99.2 Å². The fourth-order valence-corrected chi connectivity index (χ4v) is 5.36. The number of fused-ring (bicyclic) bond motifs is 3. The Labute approximate surface area is 261 Å². The van der Waals surface area contributed by atoms with Gasteiger partial charge < -0.3 is 24.8 Å². The molecule has 6 rings (SSSR count). The van der Waals surface area contributed by atoms with Crippen LogP contribution in [0.1, 0.15) is 48.4 Å². The van der Waals surface area contributed by atoms with Crippen molar-refractivity contribution < 1.29 is 49.0 Å². The molecule has 0 saturated heterocycles. The summed E-state index contributed by atoms with van der Waals surface area (Å²) >= 11 is 1.46. The average molecular weight is 629 g/mol.